The number of carboxylic acid groups (broad SMARTS) is 1. The average Bonchev–Trinajstić information content (AvgIpc) is 2.38. The number of carbonyl (C=O) groups excluding carboxylic acids is 2. The van der Waals surface area contributed by atoms with E-state index in [2.05, 4.69) is 5.32 Å². The van der Waals surface area contributed by atoms with Gasteiger partial charge in [0.15, 0.2) is 0 Å². The summed E-state index contributed by atoms with van der Waals surface area (Å²) in [6, 6.07) is 4.12. The molecule has 0 radical (unpaired) electrons. The van der Waals surface area contributed by atoms with Crippen molar-refractivity contribution in [2.24, 2.45) is 0 Å². The normalized spacial score (nSPS) is 9.75. The first-order chi connectivity index (χ1) is 9.35. The molecular weight excluding hydrogens is 264 g/mol. The van der Waals surface area contributed by atoms with Gasteiger partial charge in [0.2, 0.25) is 11.8 Å². The van der Waals surface area contributed by atoms with E-state index < -0.39 is 11.9 Å². The predicted octanol–water partition coefficient (Wildman–Crippen LogP) is 0.810. The molecular formula is C13H16N2O5. The second kappa shape index (κ2) is 6.55. The van der Waals surface area contributed by atoms with Gasteiger partial charge >= 0.3 is 5.97 Å². The summed E-state index contributed by atoms with van der Waals surface area (Å²) in [5, 5.41) is 11.4. The van der Waals surface area contributed by atoms with Crippen LogP contribution in [-0.2, 0) is 9.59 Å². The number of hydrogen-bond acceptors (Lipinski definition) is 4. The Kier molecular flexibility index (Phi) is 5.08. The van der Waals surface area contributed by atoms with Crippen molar-refractivity contribution in [3.63, 3.8) is 0 Å². The van der Waals surface area contributed by atoms with Crippen LogP contribution in [0.5, 0.6) is 5.75 Å². The van der Waals surface area contributed by atoms with Crippen LogP contribution < -0.4 is 10.1 Å². The second-order valence-corrected chi connectivity index (χ2v) is 4.14. The molecule has 1 aromatic carbocycles. The molecule has 0 saturated carbocycles. The molecule has 0 fully saturated rings. The third-order valence-electron chi connectivity index (χ3n) is 2.64. The predicted molar refractivity (Wildman–Crippen MR) is 71.9 cm³/mol. The molecule has 0 aliphatic heterocycles. The van der Waals surface area contributed by atoms with Gasteiger partial charge < -0.3 is 20.1 Å². The fourth-order valence-electron chi connectivity index (χ4n) is 1.46. The highest BCUT2D eigenvalue weighted by Crippen LogP contribution is 2.25. The number of carboxylic acids is 1. The summed E-state index contributed by atoms with van der Waals surface area (Å²) in [6.07, 6.45) is 0. The van der Waals surface area contributed by atoms with Gasteiger partial charge in [0.1, 0.15) is 5.75 Å². The number of nitrogens with zero attached hydrogens (tertiary/aromatic N) is 1. The van der Waals surface area contributed by atoms with E-state index >= 15 is 0 Å². The standard InChI is InChI=1S/C13H16N2O5/c1-8(16)15(2)7-12(17)14-10-6-9(13(18)19)4-5-11(10)20-3/h4-6H,7H2,1-3H3,(H,14,17)(H,18,19). The van der Waals surface area contributed by atoms with E-state index in [0.717, 1.165) is 0 Å². The maximum atomic E-state index is 11.8. The number of anilines is 1. The highest BCUT2D eigenvalue weighted by Gasteiger charge is 2.13. The molecule has 7 nitrogen and oxygen atoms in total. The topological polar surface area (TPSA) is 95.9 Å². The largest absolute Gasteiger partial charge is 0.495 e. The van der Waals surface area contributed by atoms with Crippen LogP contribution in [0.15, 0.2) is 18.2 Å². The summed E-state index contributed by atoms with van der Waals surface area (Å²) in [5.41, 5.74) is 0.273. The molecule has 2 amide bonds. The molecule has 2 N–H and O–H groups in total. The maximum absolute atomic E-state index is 11.8. The fraction of sp³-hybridized carbons (Fsp3) is 0.308. The van der Waals surface area contributed by atoms with Crippen molar-refractivity contribution < 1.29 is 24.2 Å². The van der Waals surface area contributed by atoms with E-state index in [1.54, 1.807) is 0 Å². The maximum Gasteiger partial charge on any atom is 0.335 e. The molecule has 1 rings (SSSR count). The average molecular weight is 280 g/mol. The second-order valence-electron chi connectivity index (χ2n) is 4.14. The van der Waals surface area contributed by atoms with E-state index in [4.69, 9.17) is 9.84 Å². The lowest BCUT2D eigenvalue weighted by Gasteiger charge is -2.15. The molecule has 20 heavy (non-hydrogen) atoms. The minimum atomic E-state index is -1.11. The van der Waals surface area contributed by atoms with E-state index in [1.807, 2.05) is 0 Å². The highest BCUT2D eigenvalue weighted by atomic mass is 16.5. The third-order valence-corrected chi connectivity index (χ3v) is 2.64. The minimum absolute atomic E-state index is 0.0287. The van der Waals surface area contributed by atoms with Gasteiger partial charge in [-0.25, -0.2) is 4.79 Å². The Labute approximate surface area is 116 Å². The molecule has 0 aromatic heterocycles. The highest BCUT2D eigenvalue weighted by molar-refractivity contribution is 5.97. The summed E-state index contributed by atoms with van der Waals surface area (Å²) in [5.74, 6) is -1.45. The van der Waals surface area contributed by atoms with Crippen LogP contribution in [0.4, 0.5) is 5.69 Å². The molecule has 0 unspecified atom stereocenters. The summed E-state index contributed by atoms with van der Waals surface area (Å²) in [7, 11) is 2.90. The lowest BCUT2D eigenvalue weighted by atomic mass is 10.2. The monoisotopic (exact) mass is 280 g/mol. The molecule has 0 spiro atoms. The number of nitrogens with one attached hydrogen (secondary N) is 1. The Bertz CT molecular complexity index is 542. The Morgan fingerprint density at radius 3 is 2.50 bits per heavy atom. The number of rotatable bonds is 5. The van der Waals surface area contributed by atoms with Gasteiger partial charge in [-0.15, -0.1) is 0 Å². The van der Waals surface area contributed by atoms with Crippen LogP contribution >= 0.6 is 0 Å². The van der Waals surface area contributed by atoms with Crippen molar-refractivity contribution in [1.29, 1.82) is 0 Å². The number of aromatic carboxylic acids is 1. The van der Waals surface area contributed by atoms with Crippen LogP contribution in [0, 0.1) is 0 Å². The summed E-state index contributed by atoms with van der Waals surface area (Å²) in [4.78, 5) is 34.9. The van der Waals surface area contributed by atoms with Crippen molar-refractivity contribution >= 4 is 23.5 Å². The first-order valence-electron chi connectivity index (χ1n) is 5.78. The minimum Gasteiger partial charge on any atom is -0.495 e. The summed E-state index contributed by atoms with van der Waals surface area (Å²) >= 11 is 0. The number of amides is 2. The number of likely N-dealkylation sites (N-methyl/N-ethyl adjacent to an activating group) is 1. The number of benzene rings is 1. The zero-order valence-corrected chi connectivity index (χ0v) is 11.5. The van der Waals surface area contributed by atoms with Crippen molar-refractivity contribution in [1.82, 2.24) is 4.90 Å². The van der Waals surface area contributed by atoms with E-state index in [9.17, 15) is 14.4 Å². The molecule has 0 bridgehead atoms. The molecule has 0 saturated heterocycles. The Morgan fingerprint density at radius 1 is 1.35 bits per heavy atom. The van der Waals surface area contributed by atoms with Gasteiger partial charge in [-0.1, -0.05) is 0 Å². The Morgan fingerprint density at radius 2 is 2.00 bits per heavy atom. The molecule has 0 heterocycles. The zero-order valence-electron chi connectivity index (χ0n) is 11.5. The first kappa shape index (κ1) is 15.5. The summed E-state index contributed by atoms with van der Waals surface area (Å²) < 4.78 is 5.05. The number of carbonyl (C=O) groups is 3. The van der Waals surface area contributed by atoms with Crippen molar-refractivity contribution in [2.45, 2.75) is 6.92 Å². The molecule has 108 valence electrons. The van der Waals surface area contributed by atoms with Gasteiger partial charge in [-0.05, 0) is 18.2 Å². The van der Waals surface area contributed by atoms with E-state index in [1.165, 1.54) is 44.2 Å². The van der Waals surface area contributed by atoms with Gasteiger partial charge in [0, 0.05) is 14.0 Å². The summed E-state index contributed by atoms with van der Waals surface area (Å²) in [6.45, 7) is 1.22. The molecule has 0 aliphatic rings. The van der Waals surface area contributed by atoms with E-state index in [0.29, 0.717) is 5.75 Å². The van der Waals surface area contributed by atoms with Crippen LogP contribution in [0.1, 0.15) is 17.3 Å². The number of hydrogen-bond donors (Lipinski definition) is 2. The quantitative estimate of drug-likeness (QED) is 0.832. The van der Waals surface area contributed by atoms with Gasteiger partial charge in [-0.3, -0.25) is 9.59 Å². The number of ether oxygens (including phenoxy) is 1. The van der Waals surface area contributed by atoms with Crippen LogP contribution in [0.25, 0.3) is 0 Å². The van der Waals surface area contributed by atoms with Gasteiger partial charge in [-0.2, -0.15) is 0 Å². The van der Waals surface area contributed by atoms with Crippen molar-refractivity contribution in [3.8, 4) is 5.75 Å². The number of methoxy groups -OCH3 is 1. The van der Waals surface area contributed by atoms with E-state index in [-0.39, 0.29) is 23.7 Å². The van der Waals surface area contributed by atoms with Crippen LogP contribution in [0.2, 0.25) is 0 Å². The van der Waals surface area contributed by atoms with Crippen LogP contribution in [-0.4, -0.2) is 48.5 Å². The molecule has 0 aliphatic carbocycles. The lowest BCUT2D eigenvalue weighted by Crippen LogP contribution is -2.33. The Balaban J connectivity index is 2.89. The molecule has 0 atom stereocenters. The zero-order chi connectivity index (χ0) is 15.3. The SMILES string of the molecule is COc1ccc(C(=O)O)cc1NC(=O)CN(C)C(C)=O. The van der Waals surface area contributed by atoms with Crippen molar-refractivity contribution in [3.05, 3.63) is 23.8 Å². The fourth-order valence-corrected chi connectivity index (χ4v) is 1.46. The molecule has 7 heteroatoms. The van der Waals surface area contributed by atoms with Gasteiger partial charge in [0.25, 0.3) is 0 Å². The van der Waals surface area contributed by atoms with Gasteiger partial charge in [0.05, 0.1) is 24.9 Å². The smallest absolute Gasteiger partial charge is 0.335 e. The molecule has 1 aromatic rings. The Hall–Kier alpha value is -2.57. The van der Waals surface area contributed by atoms with Crippen molar-refractivity contribution in [2.75, 3.05) is 26.0 Å². The lowest BCUT2D eigenvalue weighted by molar-refractivity contribution is -0.131. The third kappa shape index (κ3) is 3.98. The first-order valence-corrected chi connectivity index (χ1v) is 5.78. The van der Waals surface area contributed by atoms with Crippen LogP contribution in [0.3, 0.4) is 0 Å².